The third-order valence-electron chi connectivity index (χ3n) is 4.66. The topological polar surface area (TPSA) is 52.6 Å². The lowest BCUT2D eigenvalue weighted by Crippen LogP contribution is -2.12. The van der Waals surface area contributed by atoms with Crippen molar-refractivity contribution >= 4 is 11.8 Å². The Morgan fingerprint density at radius 3 is 1.68 bits per heavy atom. The number of hydrogen-bond donors (Lipinski definition) is 0. The van der Waals surface area contributed by atoms with E-state index in [2.05, 4.69) is 0 Å². The summed E-state index contributed by atoms with van der Waals surface area (Å²) in [4.78, 5) is 24.2. The highest BCUT2D eigenvalue weighted by Gasteiger charge is 2.15. The van der Waals surface area contributed by atoms with Crippen molar-refractivity contribution in [1.29, 1.82) is 0 Å². The summed E-state index contributed by atoms with van der Waals surface area (Å²) in [5, 5.41) is 0. The van der Waals surface area contributed by atoms with Crippen molar-refractivity contribution in [3.05, 3.63) is 82.9 Å². The fourth-order valence-electron chi connectivity index (χ4n) is 3.08. The Morgan fingerprint density at radius 2 is 1.18 bits per heavy atom. The van der Waals surface area contributed by atoms with Crippen LogP contribution in [0.3, 0.4) is 0 Å². The average molecular weight is 374 g/mol. The number of carbonyl (C=O) groups is 2. The van der Waals surface area contributed by atoms with E-state index < -0.39 is 5.97 Å². The van der Waals surface area contributed by atoms with Crippen molar-refractivity contribution < 1.29 is 19.1 Å². The van der Waals surface area contributed by atoms with E-state index in [1.54, 1.807) is 38.3 Å². The molecule has 3 aromatic rings. The molecule has 0 saturated carbocycles. The maximum atomic E-state index is 12.6. The largest absolute Gasteiger partial charge is 0.497 e. The molecule has 0 saturated heterocycles. The summed E-state index contributed by atoms with van der Waals surface area (Å²) in [6.07, 6.45) is 0. The molecule has 0 radical (unpaired) electrons. The minimum absolute atomic E-state index is 0.0189. The maximum absolute atomic E-state index is 12.6. The van der Waals surface area contributed by atoms with Crippen LogP contribution in [0.25, 0.3) is 11.1 Å². The second-order valence-corrected chi connectivity index (χ2v) is 6.68. The third-order valence-corrected chi connectivity index (χ3v) is 4.66. The van der Waals surface area contributed by atoms with Gasteiger partial charge in [0.1, 0.15) is 11.5 Å². The van der Waals surface area contributed by atoms with Crippen LogP contribution in [-0.2, 0) is 0 Å². The number of carbonyl (C=O) groups excluding carboxylic acids is 2. The molecule has 0 fully saturated rings. The first-order valence-electron chi connectivity index (χ1n) is 8.98. The smallest absolute Gasteiger partial charge is 0.343 e. The van der Waals surface area contributed by atoms with Gasteiger partial charge in [-0.3, -0.25) is 4.79 Å². The van der Waals surface area contributed by atoms with Crippen LogP contribution in [0, 0.1) is 13.8 Å². The zero-order valence-electron chi connectivity index (χ0n) is 16.4. The second-order valence-electron chi connectivity index (χ2n) is 6.68. The van der Waals surface area contributed by atoms with Crippen molar-refractivity contribution in [2.75, 3.05) is 7.11 Å². The monoisotopic (exact) mass is 374 g/mol. The van der Waals surface area contributed by atoms with Crippen molar-refractivity contribution in [3.63, 3.8) is 0 Å². The highest BCUT2D eigenvalue weighted by Crippen LogP contribution is 2.25. The predicted molar refractivity (Wildman–Crippen MR) is 109 cm³/mol. The molecule has 0 N–H and O–H groups in total. The molecule has 0 aromatic heterocycles. The third kappa shape index (κ3) is 4.12. The normalized spacial score (nSPS) is 10.4. The number of ketones is 1. The Morgan fingerprint density at radius 1 is 0.714 bits per heavy atom. The van der Waals surface area contributed by atoms with Crippen LogP contribution in [0.5, 0.6) is 11.5 Å². The fraction of sp³-hybridized carbons (Fsp3) is 0.167. The summed E-state index contributed by atoms with van der Waals surface area (Å²) >= 11 is 0. The van der Waals surface area contributed by atoms with Crippen molar-refractivity contribution in [3.8, 4) is 22.6 Å². The van der Waals surface area contributed by atoms with Gasteiger partial charge in [0.2, 0.25) is 0 Å². The van der Waals surface area contributed by atoms with Crippen LogP contribution < -0.4 is 9.47 Å². The molecule has 0 spiro atoms. The van der Waals surface area contributed by atoms with Crippen molar-refractivity contribution in [1.82, 2.24) is 0 Å². The summed E-state index contributed by atoms with van der Waals surface area (Å²) in [5.74, 6) is 0.813. The average Bonchev–Trinajstić information content (AvgIpc) is 2.70. The first-order valence-corrected chi connectivity index (χ1v) is 8.98. The van der Waals surface area contributed by atoms with E-state index in [9.17, 15) is 9.59 Å². The second kappa shape index (κ2) is 8.09. The van der Waals surface area contributed by atoms with Crippen LogP contribution in [0.2, 0.25) is 0 Å². The highest BCUT2D eigenvalue weighted by molar-refractivity contribution is 5.99. The zero-order chi connectivity index (χ0) is 20.3. The number of ether oxygens (including phenoxy) is 2. The first-order chi connectivity index (χ1) is 13.4. The van der Waals surface area contributed by atoms with Crippen LogP contribution >= 0.6 is 0 Å². The molecule has 0 aliphatic rings. The molecular weight excluding hydrogens is 352 g/mol. The summed E-state index contributed by atoms with van der Waals surface area (Å²) in [6, 6.07) is 18.5. The molecule has 0 atom stereocenters. The van der Waals surface area contributed by atoms with Gasteiger partial charge < -0.3 is 9.47 Å². The summed E-state index contributed by atoms with van der Waals surface area (Å²) < 4.78 is 10.7. The van der Waals surface area contributed by atoms with Gasteiger partial charge in [0.15, 0.2) is 5.78 Å². The number of esters is 1. The van der Waals surface area contributed by atoms with Gasteiger partial charge >= 0.3 is 5.97 Å². The van der Waals surface area contributed by atoms with Gasteiger partial charge in [-0.05, 0) is 79.4 Å². The number of rotatable bonds is 5. The molecule has 0 unspecified atom stereocenters. The summed E-state index contributed by atoms with van der Waals surface area (Å²) in [7, 11) is 1.63. The Balaban J connectivity index is 1.77. The Hall–Kier alpha value is -3.40. The maximum Gasteiger partial charge on any atom is 0.343 e. The van der Waals surface area contributed by atoms with Gasteiger partial charge in [0, 0.05) is 5.56 Å². The summed E-state index contributed by atoms with van der Waals surface area (Å²) in [5.41, 5.74) is 4.63. The molecule has 142 valence electrons. The molecule has 3 rings (SSSR count). The molecule has 4 heteroatoms. The Labute approximate surface area is 164 Å². The lowest BCUT2D eigenvalue weighted by atomic mass is 9.98. The fourth-order valence-corrected chi connectivity index (χ4v) is 3.08. The number of aryl methyl sites for hydroxylation is 2. The zero-order valence-corrected chi connectivity index (χ0v) is 16.4. The standard InChI is InChI=1S/C24H22O4/c1-15-14-23(16(2)13-22(15)17(3)25)24(26)28-21-11-7-19(8-12-21)18-5-9-20(27-4)10-6-18/h5-14H,1-4H3. The van der Waals surface area contributed by atoms with E-state index in [-0.39, 0.29) is 5.78 Å². The van der Waals surface area contributed by atoms with E-state index >= 15 is 0 Å². The van der Waals surface area contributed by atoms with Gasteiger partial charge in [-0.25, -0.2) is 4.79 Å². The SMILES string of the molecule is COc1ccc(-c2ccc(OC(=O)c3cc(C)c(C(C)=O)cc3C)cc2)cc1. The predicted octanol–water partition coefficient (Wildman–Crippen LogP) is 5.40. The number of Topliss-reactive ketones (excluding diaryl/α,β-unsaturated/α-hetero) is 1. The van der Waals surface area contributed by atoms with E-state index in [1.165, 1.54) is 6.92 Å². The van der Waals surface area contributed by atoms with Gasteiger partial charge in [-0.15, -0.1) is 0 Å². The molecular formula is C24H22O4. The lowest BCUT2D eigenvalue weighted by Gasteiger charge is -2.11. The Bertz CT molecular complexity index is 1020. The van der Waals surface area contributed by atoms with Crippen LogP contribution in [0.1, 0.15) is 38.8 Å². The molecule has 0 bridgehead atoms. The van der Waals surface area contributed by atoms with Gasteiger partial charge in [-0.1, -0.05) is 24.3 Å². The minimum Gasteiger partial charge on any atom is -0.497 e. The minimum atomic E-state index is -0.437. The molecule has 28 heavy (non-hydrogen) atoms. The van der Waals surface area contributed by atoms with E-state index in [1.807, 2.05) is 43.3 Å². The lowest BCUT2D eigenvalue weighted by molar-refractivity contribution is 0.0733. The quantitative estimate of drug-likeness (QED) is 0.341. The molecule has 0 aliphatic heterocycles. The number of benzene rings is 3. The van der Waals surface area contributed by atoms with E-state index in [0.717, 1.165) is 28.0 Å². The molecule has 4 nitrogen and oxygen atoms in total. The Kier molecular flexibility index (Phi) is 5.59. The van der Waals surface area contributed by atoms with Crippen LogP contribution in [-0.4, -0.2) is 18.9 Å². The van der Waals surface area contributed by atoms with Crippen LogP contribution in [0.4, 0.5) is 0 Å². The van der Waals surface area contributed by atoms with Crippen LogP contribution in [0.15, 0.2) is 60.7 Å². The molecule has 0 heterocycles. The van der Waals surface area contributed by atoms with Gasteiger partial charge in [0.05, 0.1) is 12.7 Å². The number of methoxy groups -OCH3 is 1. The summed E-state index contributed by atoms with van der Waals surface area (Å²) in [6.45, 7) is 5.13. The highest BCUT2D eigenvalue weighted by atomic mass is 16.5. The van der Waals surface area contributed by atoms with E-state index in [0.29, 0.717) is 16.9 Å². The van der Waals surface area contributed by atoms with Crippen molar-refractivity contribution in [2.45, 2.75) is 20.8 Å². The van der Waals surface area contributed by atoms with E-state index in [4.69, 9.17) is 9.47 Å². The van der Waals surface area contributed by atoms with Crippen molar-refractivity contribution in [2.24, 2.45) is 0 Å². The molecule has 3 aromatic carbocycles. The van der Waals surface area contributed by atoms with Gasteiger partial charge in [0.25, 0.3) is 0 Å². The molecule has 0 amide bonds. The number of hydrogen-bond acceptors (Lipinski definition) is 4. The van der Waals surface area contributed by atoms with Gasteiger partial charge in [-0.2, -0.15) is 0 Å². The first kappa shape index (κ1) is 19.4. The molecule has 0 aliphatic carbocycles.